The molecule has 0 radical (unpaired) electrons. The molecular formula is C30H34N2O8. The fourth-order valence-corrected chi connectivity index (χ4v) is 5.11. The lowest BCUT2D eigenvalue weighted by atomic mass is 9.94. The molecule has 0 spiro atoms. The summed E-state index contributed by atoms with van der Waals surface area (Å²) in [7, 11) is 0. The summed E-state index contributed by atoms with van der Waals surface area (Å²) in [5.41, 5.74) is 0.983. The smallest absolute Gasteiger partial charge is 0.295 e. The Balaban J connectivity index is 1.56. The summed E-state index contributed by atoms with van der Waals surface area (Å²) in [4.78, 5) is 30.7. The Morgan fingerprint density at radius 1 is 1.00 bits per heavy atom. The molecule has 40 heavy (non-hydrogen) atoms. The van der Waals surface area contributed by atoms with Crippen LogP contribution in [0.1, 0.15) is 24.1 Å². The van der Waals surface area contributed by atoms with Crippen molar-refractivity contribution < 1.29 is 38.4 Å². The van der Waals surface area contributed by atoms with Crippen molar-refractivity contribution in [3.8, 4) is 23.0 Å². The molecule has 0 aliphatic carbocycles. The Kier molecular flexibility index (Phi) is 8.57. The molecule has 1 atom stereocenters. The second-order valence-corrected chi connectivity index (χ2v) is 9.54. The maximum atomic E-state index is 13.5. The van der Waals surface area contributed by atoms with Crippen LogP contribution in [-0.4, -0.2) is 92.4 Å². The SMILES string of the molecule is C=CCOc1ccc([C@H]2/C(=C(\O)c3ccc4c(c3)OCCO4)C(=O)C(=O)N2CCN2CCOCC2)cc1OCC. The number of carbonyl (C=O) groups is 2. The summed E-state index contributed by atoms with van der Waals surface area (Å²) in [6, 6.07) is 9.43. The minimum atomic E-state index is -0.832. The molecule has 2 fully saturated rings. The van der Waals surface area contributed by atoms with Crippen LogP contribution in [0.15, 0.2) is 54.6 Å². The van der Waals surface area contributed by atoms with E-state index in [0.717, 1.165) is 13.1 Å². The van der Waals surface area contributed by atoms with Crippen molar-refractivity contribution in [1.82, 2.24) is 9.80 Å². The van der Waals surface area contributed by atoms with Crippen molar-refractivity contribution in [2.24, 2.45) is 0 Å². The number of carbonyl (C=O) groups excluding carboxylic acids is 2. The van der Waals surface area contributed by atoms with Crippen LogP contribution >= 0.6 is 0 Å². The predicted molar refractivity (Wildman–Crippen MR) is 147 cm³/mol. The van der Waals surface area contributed by atoms with Crippen molar-refractivity contribution in [3.63, 3.8) is 0 Å². The fourth-order valence-electron chi connectivity index (χ4n) is 5.11. The highest BCUT2D eigenvalue weighted by atomic mass is 16.6. The quantitative estimate of drug-likeness (QED) is 0.207. The van der Waals surface area contributed by atoms with E-state index < -0.39 is 17.7 Å². The van der Waals surface area contributed by atoms with Gasteiger partial charge in [-0.2, -0.15) is 0 Å². The molecule has 2 aromatic carbocycles. The molecule has 1 N–H and O–H groups in total. The average molecular weight is 551 g/mol. The Bertz CT molecular complexity index is 1300. The minimum absolute atomic E-state index is 0.00543. The summed E-state index contributed by atoms with van der Waals surface area (Å²) >= 11 is 0. The number of ketones is 1. The molecule has 5 rings (SSSR count). The second kappa shape index (κ2) is 12.4. The third-order valence-corrected chi connectivity index (χ3v) is 7.06. The highest BCUT2D eigenvalue weighted by Crippen LogP contribution is 2.43. The van der Waals surface area contributed by atoms with Crippen molar-refractivity contribution in [2.45, 2.75) is 13.0 Å². The van der Waals surface area contributed by atoms with E-state index in [4.69, 9.17) is 23.7 Å². The maximum absolute atomic E-state index is 13.5. The number of ether oxygens (including phenoxy) is 5. The summed E-state index contributed by atoms with van der Waals surface area (Å²) < 4.78 is 28.3. The third-order valence-electron chi connectivity index (χ3n) is 7.06. The first kappa shape index (κ1) is 27.5. The zero-order valence-corrected chi connectivity index (χ0v) is 22.6. The van der Waals surface area contributed by atoms with E-state index in [2.05, 4.69) is 11.5 Å². The number of fused-ring (bicyclic) bond motifs is 1. The number of likely N-dealkylation sites (tertiary alicyclic amines) is 1. The van der Waals surface area contributed by atoms with Gasteiger partial charge in [-0.3, -0.25) is 14.5 Å². The Labute approximate surface area is 233 Å². The van der Waals surface area contributed by atoms with E-state index in [-0.39, 0.29) is 11.3 Å². The van der Waals surface area contributed by atoms with Crippen LogP contribution < -0.4 is 18.9 Å². The van der Waals surface area contributed by atoms with Gasteiger partial charge in [-0.1, -0.05) is 18.7 Å². The van der Waals surface area contributed by atoms with Gasteiger partial charge in [0.05, 0.1) is 31.4 Å². The van der Waals surface area contributed by atoms with Gasteiger partial charge in [0, 0.05) is 31.7 Å². The van der Waals surface area contributed by atoms with Crippen LogP contribution in [0.2, 0.25) is 0 Å². The molecule has 2 saturated heterocycles. The van der Waals surface area contributed by atoms with Gasteiger partial charge in [0.25, 0.3) is 11.7 Å². The molecule has 0 saturated carbocycles. The first-order chi connectivity index (χ1) is 19.5. The molecule has 3 heterocycles. The largest absolute Gasteiger partial charge is 0.507 e. The number of Topliss-reactive ketones (excluding diaryl/α,β-unsaturated/α-hetero) is 1. The lowest BCUT2D eigenvalue weighted by Crippen LogP contribution is -2.42. The van der Waals surface area contributed by atoms with Crippen LogP contribution in [0.25, 0.3) is 5.76 Å². The molecule has 3 aliphatic rings. The van der Waals surface area contributed by atoms with Gasteiger partial charge >= 0.3 is 0 Å². The minimum Gasteiger partial charge on any atom is -0.507 e. The number of morpholine rings is 1. The van der Waals surface area contributed by atoms with Crippen molar-refractivity contribution in [3.05, 3.63) is 65.8 Å². The summed E-state index contributed by atoms with van der Waals surface area (Å²) in [5.74, 6) is 0.325. The number of benzene rings is 2. The Morgan fingerprint density at radius 2 is 1.77 bits per heavy atom. The lowest BCUT2D eigenvalue weighted by Gasteiger charge is -2.31. The molecule has 212 valence electrons. The van der Waals surface area contributed by atoms with Gasteiger partial charge < -0.3 is 33.7 Å². The maximum Gasteiger partial charge on any atom is 0.295 e. The molecule has 0 unspecified atom stereocenters. The van der Waals surface area contributed by atoms with Crippen LogP contribution in [-0.2, 0) is 14.3 Å². The number of aliphatic hydroxyl groups is 1. The highest BCUT2D eigenvalue weighted by Gasteiger charge is 2.46. The number of amides is 1. The first-order valence-corrected chi connectivity index (χ1v) is 13.5. The fraction of sp³-hybridized carbons (Fsp3) is 0.400. The molecule has 3 aliphatic heterocycles. The molecule has 1 amide bonds. The molecular weight excluding hydrogens is 516 g/mol. The summed E-state index contributed by atoms with van der Waals surface area (Å²) in [6.07, 6.45) is 1.64. The molecule has 0 bridgehead atoms. The topological polar surface area (TPSA) is 107 Å². The second-order valence-electron chi connectivity index (χ2n) is 9.54. The van der Waals surface area contributed by atoms with Crippen molar-refractivity contribution in [1.29, 1.82) is 0 Å². The predicted octanol–water partition coefficient (Wildman–Crippen LogP) is 3.18. The van der Waals surface area contributed by atoms with Crippen molar-refractivity contribution in [2.75, 3.05) is 65.8 Å². The number of rotatable bonds is 10. The Hall–Kier alpha value is -4.02. The number of nitrogens with zero attached hydrogens (tertiary/aromatic N) is 2. The van der Waals surface area contributed by atoms with Crippen LogP contribution in [0, 0.1) is 0 Å². The van der Waals surface area contributed by atoms with Crippen LogP contribution in [0.5, 0.6) is 23.0 Å². The Morgan fingerprint density at radius 3 is 2.52 bits per heavy atom. The number of hydrogen-bond acceptors (Lipinski definition) is 9. The van der Waals surface area contributed by atoms with E-state index in [9.17, 15) is 14.7 Å². The van der Waals surface area contributed by atoms with E-state index in [1.54, 1.807) is 42.5 Å². The van der Waals surface area contributed by atoms with E-state index in [1.165, 1.54) is 4.90 Å². The van der Waals surface area contributed by atoms with Gasteiger partial charge in [-0.15, -0.1) is 0 Å². The zero-order valence-electron chi connectivity index (χ0n) is 22.6. The number of aliphatic hydroxyl groups excluding tert-OH is 1. The summed E-state index contributed by atoms with van der Waals surface area (Å²) in [6.45, 7) is 10.6. The lowest BCUT2D eigenvalue weighted by molar-refractivity contribution is -0.140. The molecule has 10 heteroatoms. The summed E-state index contributed by atoms with van der Waals surface area (Å²) in [5, 5.41) is 11.5. The molecule has 10 nitrogen and oxygen atoms in total. The van der Waals surface area contributed by atoms with Gasteiger partial charge in [-0.25, -0.2) is 0 Å². The van der Waals surface area contributed by atoms with E-state index >= 15 is 0 Å². The average Bonchev–Trinajstić information content (AvgIpc) is 3.24. The normalized spacial score (nSPS) is 20.4. The van der Waals surface area contributed by atoms with E-state index in [0.29, 0.717) is 86.9 Å². The van der Waals surface area contributed by atoms with Crippen LogP contribution in [0.3, 0.4) is 0 Å². The van der Waals surface area contributed by atoms with E-state index in [1.807, 2.05) is 6.92 Å². The van der Waals surface area contributed by atoms with Gasteiger partial charge in [0.15, 0.2) is 23.0 Å². The standard InChI is InChI=1S/C30H34N2O8/c1-3-13-38-22-7-5-20(18-24(22)37-4-2)27-26(28(33)21-6-8-23-25(19-21)40-17-16-39-23)29(34)30(35)32(27)10-9-31-11-14-36-15-12-31/h3,5-8,18-19,27,33H,1,4,9-17H2,2H3/b28-26+/t27-/m0/s1. The van der Waals surface area contributed by atoms with Gasteiger partial charge in [0.2, 0.25) is 0 Å². The highest BCUT2D eigenvalue weighted by molar-refractivity contribution is 6.46. The van der Waals surface area contributed by atoms with Crippen LogP contribution in [0.4, 0.5) is 0 Å². The monoisotopic (exact) mass is 550 g/mol. The van der Waals surface area contributed by atoms with Gasteiger partial charge in [0.1, 0.15) is 25.6 Å². The van der Waals surface area contributed by atoms with Crippen molar-refractivity contribution >= 4 is 17.4 Å². The third kappa shape index (κ3) is 5.64. The molecule has 2 aromatic rings. The zero-order chi connectivity index (χ0) is 28.1. The number of hydrogen-bond donors (Lipinski definition) is 1. The molecule has 0 aromatic heterocycles. The van der Waals surface area contributed by atoms with Gasteiger partial charge in [-0.05, 0) is 42.8 Å². The first-order valence-electron chi connectivity index (χ1n) is 13.5.